The molecule has 0 spiro atoms. The molecule has 4 aliphatic heterocycles. The van der Waals surface area contributed by atoms with Crippen molar-refractivity contribution >= 4 is 27.5 Å². The van der Waals surface area contributed by atoms with E-state index >= 15 is 8.78 Å². The van der Waals surface area contributed by atoms with Crippen LogP contribution < -0.4 is 15.0 Å². The Hall–Kier alpha value is -4.54. The van der Waals surface area contributed by atoms with Gasteiger partial charge in [-0.15, -0.1) is 6.42 Å². The van der Waals surface area contributed by atoms with Gasteiger partial charge in [-0.05, 0) is 56.5 Å². The van der Waals surface area contributed by atoms with E-state index in [-0.39, 0.29) is 58.8 Å². The van der Waals surface area contributed by atoms with Crippen LogP contribution in [0.1, 0.15) is 50.3 Å². The van der Waals surface area contributed by atoms with Crippen LogP contribution in [0.5, 0.6) is 6.01 Å². The van der Waals surface area contributed by atoms with Gasteiger partial charge in [-0.3, -0.25) is 4.90 Å². The molecular weight excluding hydrogens is 793 g/mol. The molecule has 4 aliphatic rings. The van der Waals surface area contributed by atoms with Crippen LogP contribution in [-0.4, -0.2) is 100 Å². The van der Waals surface area contributed by atoms with Crippen molar-refractivity contribution in [2.75, 3.05) is 37.7 Å². The molecular formula is C39H35F11N6O2. The molecule has 8 rings (SSSR count). The molecule has 8 nitrogen and oxygen atoms in total. The first-order chi connectivity index (χ1) is 27.3. The lowest BCUT2D eigenvalue weighted by Gasteiger charge is -2.40. The van der Waals surface area contributed by atoms with E-state index in [9.17, 15) is 39.5 Å². The van der Waals surface area contributed by atoms with Crippen LogP contribution in [0.15, 0.2) is 30.3 Å². The molecule has 1 unspecified atom stereocenters. The normalized spacial score (nSPS) is 24.2. The lowest BCUT2D eigenvalue weighted by molar-refractivity contribution is -0.463. The van der Waals surface area contributed by atoms with E-state index in [2.05, 4.69) is 21.0 Å². The molecule has 19 heteroatoms. The van der Waals surface area contributed by atoms with Crippen molar-refractivity contribution in [1.82, 2.24) is 25.2 Å². The number of piperazine rings is 1. The molecule has 3 saturated heterocycles. The lowest BCUT2D eigenvalue weighted by atomic mass is 9.93. The number of anilines is 1. The third-order valence-corrected chi connectivity index (χ3v) is 12.0. The van der Waals surface area contributed by atoms with Crippen molar-refractivity contribution in [3.63, 3.8) is 0 Å². The summed E-state index contributed by atoms with van der Waals surface area (Å²) in [5, 5.41) is 4.57. The molecule has 6 heterocycles. The van der Waals surface area contributed by atoms with Crippen LogP contribution in [0.4, 0.5) is 54.1 Å². The number of rotatable bonds is 7. The number of alkyl halides is 9. The van der Waals surface area contributed by atoms with Crippen molar-refractivity contribution in [3.8, 4) is 29.6 Å². The number of halogens is 11. The van der Waals surface area contributed by atoms with Crippen LogP contribution >= 0.6 is 0 Å². The number of fused-ring (bicyclic) bond motifs is 4. The maximum absolute atomic E-state index is 17.2. The minimum absolute atomic E-state index is 0.0237. The van der Waals surface area contributed by atoms with Crippen molar-refractivity contribution in [3.05, 3.63) is 53.2 Å². The first-order valence-electron chi connectivity index (χ1n) is 18.7. The fourth-order valence-corrected chi connectivity index (χ4v) is 9.16. The molecule has 3 fully saturated rings. The number of pyridine rings is 1. The van der Waals surface area contributed by atoms with E-state index in [0.29, 0.717) is 54.6 Å². The van der Waals surface area contributed by atoms with Gasteiger partial charge in [-0.2, -0.15) is 49.5 Å². The van der Waals surface area contributed by atoms with Crippen molar-refractivity contribution in [2.45, 2.75) is 93.3 Å². The van der Waals surface area contributed by atoms with Crippen molar-refractivity contribution < 1.29 is 57.8 Å². The molecule has 58 heavy (non-hydrogen) atoms. The SMILES string of the molecule is C#Cc1c(F)ccc2cccc(-c3nc4c5c(nc(OCC67CCCN6C[C@@H](OC(C(F)(F)F)(C(F)(F)F)C(F)(F)F)C7)nc5c3F)N3C[C@@H](CC)NC[C@H]3CC4)c12. The smallest absolute Gasteiger partial charge is 0.435 e. The van der Waals surface area contributed by atoms with Gasteiger partial charge in [0.05, 0.1) is 28.3 Å². The highest BCUT2D eigenvalue weighted by Gasteiger charge is 2.86. The number of nitrogens with zero attached hydrogens (tertiary/aromatic N) is 5. The number of ether oxygens (including phenoxy) is 2. The zero-order chi connectivity index (χ0) is 41.6. The standard InChI is InChI=1S/C39H35F11N6O2/c1-3-21-17-56-22(16-51-21)10-12-27-29-32(30(41)31(52-27)25-8-5-7-20-9-11-26(40)24(4-2)28(20)25)53-34(54-33(29)56)57-19-35-13-6-14-55(35)18-23(15-35)58-36(37(42,43)44,38(45,46)47)39(48,49)50/h2,5,7-9,11,21-23,51H,3,6,10,12-19H2,1H3/t21-,22-,23+,35?/m1/s1. The van der Waals surface area contributed by atoms with Gasteiger partial charge < -0.3 is 19.7 Å². The van der Waals surface area contributed by atoms with Gasteiger partial charge in [-0.1, -0.05) is 37.1 Å². The van der Waals surface area contributed by atoms with Crippen molar-refractivity contribution in [1.29, 1.82) is 0 Å². The van der Waals surface area contributed by atoms with E-state index in [4.69, 9.17) is 21.1 Å². The zero-order valence-electron chi connectivity index (χ0n) is 30.7. The largest absolute Gasteiger partial charge is 0.461 e. The van der Waals surface area contributed by atoms with Gasteiger partial charge in [0.1, 0.15) is 29.5 Å². The van der Waals surface area contributed by atoms with E-state index in [1.54, 1.807) is 18.2 Å². The molecule has 2 aromatic carbocycles. The highest BCUT2D eigenvalue weighted by Crippen LogP contribution is 2.57. The number of terminal acetylenes is 1. The molecule has 1 N–H and O–H groups in total. The topological polar surface area (TPSA) is 75.6 Å². The number of aryl methyl sites for hydroxylation is 1. The Kier molecular flexibility index (Phi) is 9.75. The Bertz CT molecular complexity index is 2270. The average molecular weight is 829 g/mol. The van der Waals surface area contributed by atoms with Gasteiger partial charge >= 0.3 is 30.1 Å². The number of aromatic nitrogens is 3. The average Bonchev–Trinajstić information content (AvgIpc) is 3.66. The highest BCUT2D eigenvalue weighted by atomic mass is 19.4. The van der Waals surface area contributed by atoms with E-state index < -0.39 is 67.0 Å². The van der Waals surface area contributed by atoms with Gasteiger partial charge in [0.2, 0.25) is 0 Å². The summed E-state index contributed by atoms with van der Waals surface area (Å²) < 4.78 is 167. The zero-order valence-corrected chi connectivity index (χ0v) is 30.7. The monoisotopic (exact) mass is 828 g/mol. The Morgan fingerprint density at radius 3 is 2.38 bits per heavy atom. The predicted octanol–water partition coefficient (Wildman–Crippen LogP) is 8.04. The molecule has 310 valence electrons. The summed E-state index contributed by atoms with van der Waals surface area (Å²) in [5.41, 5.74) is -7.61. The fourth-order valence-electron chi connectivity index (χ4n) is 9.16. The molecule has 0 saturated carbocycles. The van der Waals surface area contributed by atoms with Crippen LogP contribution in [0.3, 0.4) is 0 Å². The Labute approximate surface area is 324 Å². The summed E-state index contributed by atoms with van der Waals surface area (Å²) in [6.45, 7) is 1.98. The Morgan fingerprint density at radius 2 is 1.69 bits per heavy atom. The van der Waals surface area contributed by atoms with Crippen LogP contribution in [0.25, 0.3) is 32.9 Å². The van der Waals surface area contributed by atoms with E-state index in [1.165, 1.54) is 17.0 Å². The lowest BCUT2D eigenvalue weighted by Crippen LogP contribution is -2.68. The third kappa shape index (κ3) is 6.28. The number of hydrogen-bond acceptors (Lipinski definition) is 8. The second-order valence-electron chi connectivity index (χ2n) is 15.3. The summed E-state index contributed by atoms with van der Waals surface area (Å²) in [7, 11) is 0. The summed E-state index contributed by atoms with van der Waals surface area (Å²) in [4.78, 5) is 17.4. The predicted molar refractivity (Wildman–Crippen MR) is 189 cm³/mol. The molecule has 4 atom stereocenters. The minimum Gasteiger partial charge on any atom is -0.461 e. The summed E-state index contributed by atoms with van der Waals surface area (Å²) in [6, 6.07) is 7.10. The molecule has 0 amide bonds. The van der Waals surface area contributed by atoms with Crippen LogP contribution in [0.2, 0.25) is 0 Å². The van der Waals surface area contributed by atoms with Crippen LogP contribution in [0, 0.1) is 24.0 Å². The number of benzene rings is 2. The van der Waals surface area contributed by atoms with Crippen LogP contribution in [-0.2, 0) is 11.2 Å². The maximum atomic E-state index is 17.2. The summed E-state index contributed by atoms with van der Waals surface area (Å²) in [5.74, 6) is 1.04. The molecule has 4 aromatic rings. The maximum Gasteiger partial charge on any atom is 0.435 e. The van der Waals surface area contributed by atoms with Gasteiger partial charge in [-0.25, -0.2) is 13.8 Å². The number of hydrogen-bond donors (Lipinski definition) is 1. The highest BCUT2D eigenvalue weighted by molar-refractivity contribution is 6.02. The second kappa shape index (κ2) is 14.0. The fraction of sp³-hybridized carbons (Fsp3) is 0.513. The Balaban J connectivity index is 1.21. The van der Waals surface area contributed by atoms with Gasteiger partial charge in [0, 0.05) is 42.7 Å². The summed E-state index contributed by atoms with van der Waals surface area (Å²) in [6.07, 6.45) is -15.5. The molecule has 2 aromatic heterocycles. The molecule has 0 bridgehead atoms. The van der Waals surface area contributed by atoms with Gasteiger partial charge in [0.15, 0.2) is 5.82 Å². The third-order valence-electron chi connectivity index (χ3n) is 12.0. The number of nitrogens with one attached hydrogen (secondary N) is 1. The van der Waals surface area contributed by atoms with E-state index in [0.717, 1.165) is 6.42 Å². The van der Waals surface area contributed by atoms with Gasteiger partial charge in [0.25, 0.3) is 0 Å². The molecule has 0 radical (unpaired) electrons. The first kappa shape index (κ1) is 40.2. The Morgan fingerprint density at radius 1 is 0.948 bits per heavy atom. The second-order valence-corrected chi connectivity index (χ2v) is 15.3. The quantitative estimate of drug-likeness (QED) is 0.148. The summed E-state index contributed by atoms with van der Waals surface area (Å²) >= 11 is 0. The minimum atomic E-state index is -6.88. The van der Waals surface area contributed by atoms with E-state index in [1.807, 2.05) is 11.8 Å². The first-order valence-corrected chi connectivity index (χ1v) is 18.7. The molecule has 0 aliphatic carbocycles. The van der Waals surface area contributed by atoms with Crippen molar-refractivity contribution in [2.24, 2.45) is 0 Å².